The molecule has 19 heavy (non-hydrogen) atoms. The van der Waals surface area contributed by atoms with Crippen molar-refractivity contribution in [3.05, 3.63) is 29.1 Å². The molecule has 0 radical (unpaired) electrons. The van der Waals surface area contributed by atoms with Crippen molar-refractivity contribution in [1.82, 2.24) is 0 Å². The molecule has 0 aliphatic carbocycles. The van der Waals surface area contributed by atoms with Gasteiger partial charge in [-0.1, -0.05) is 0 Å². The lowest BCUT2D eigenvalue weighted by Crippen LogP contribution is -2.25. The molecule has 104 valence electrons. The third kappa shape index (κ3) is 3.56. The van der Waals surface area contributed by atoms with Crippen molar-refractivity contribution in [3.8, 4) is 6.07 Å². The van der Waals surface area contributed by atoms with E-state index in [2.05, 4.69) is 5.32 Å². The second-order valence-electron chi connectivity index (χ2n) is 3.67. The van der Waals surface area contributed by atoms with Crippen molar-refractivity contribution in [2.45, 2.75) is 12.3 Å². The van der Waals surface area contributed by atoms with E-state index in [0.717, 1.165) is 0 Å². The number of anilines is 1. The predicted octanol–water partition coefficient (Wildman–Crippen LogP) is 1.48. The number of aliphatic hydroxyl groups excluding tert-OH is 2. The van der Waals surface area contributed by atoms with Gasteiger partial charge in [0.2, 0.25) is 0 Å². The first kappa shape index (κ1) is 15.2. The van der Waals surface area contributed by atoms with Crippen molar-refractivity contribution < 1.29 is 27.8 Å². The summed E-state index contributed by atoms with van der Waals surface area (Å²) < 4.78 is 51.4. The molecule has 0 aliphatic heterocycles. The van der Waals surface area contributed by atoms with Gasteiger partial charge in [0.25, 0.3) is 0 Å². The van der Waals surface area contributed by atoms with Crippen molar-refractivity contribution >= 4 is 5.69 Å². The Bertz CT molecular complexity index is 497. The van der Waals surface area contributed by atoms with Gasteiger partial charge in [-0.2, -0.15) is 18.4 Å². The molecule has 0 heterocycles. The lowest BCUT2D eigenvalue weighted by Gasteiger charge is -2.17. The van der Waals surface area contributed by atoms with Gasteiger partial charge in [0.15, 0.2) is 0 Å². The van der Waals surface area contributed by atoms with Crippen molar-refractivity contribution in [3.63, 3.8) is 0 Å². The molecular weight excluding hydrogens is 268 g/mol. The van der Waals surface area contributed by atoms with E-state index in [4.69, 9.17) is 15.5 Å². The van der Waals surface area contributed by atoms with Crippen molar-refractivity contribution in [2.75, 3.05) is 18.5 Å². The Morgan fingerprint density at radius 3 is 2.47 bits per heavy atom. The van der Waals surface area contributed by atoms with Crippen LogP contribution in [0.4, 0.5) is 23.2 Å². The molecule has 3 N–H and O–H groups in total. The number of alkyl halides is 3. The van der Waals surface area contributed by atoms with Crippen LogP contribution in [0.5, 0.6) is 0 Å². The normalized spacial score (nSPS) is 12.9. The van der Waals surface area contributed by atoms with E-state index in [9.17, 15) is 17.6 Å². The first-order chi connectivity index (χ1) is 8.81. The van der Waals surface area contributed by atoms with Gasteiger partial charge in [-0.15, -0.1) is 0 Å². The van der Waals surface area contributed by atoms with E-state index in [-0.39, 0.29) is 0 Å². The van der Waals surface area contributed by atoms with Gasteiger partial charge in [0.1, 0.15) is 17.4 Å². The molecule has 1 aromatic rings. The summed E-state index contributed by atoms with van der Waals surface area (Å²) in [5.74, 6) is -1.10. The Labute approximate surface area is 105 Å². The quantitative estimate of drug-likeness (QED) is 0.729. The zero-order chi connectivity index (χ0) is 14.6. The van der Waals surface area contributed by atoms with Gasteiger partial charge in [-0.3, -0.25) is 0 Å². The molecule has 0 aliphatic rings. The molecular formula is C11H10F4N2O2. The van der Waals surface area contributed by atoms with Crippen LogP contribution in [0.3, 0.4) is 0 Å². The Balaban J connectivity index is 3.24. The SMILES string of the molecule is N#Cc1c(F)ccc(C(F)(F)F)c1NCC(O)CO. The third-order valence-electron chi connectivity index (χ3n) is 2.30. The summed E-state index contributed by atoms with van der Waals surface area (Å²) in [5.41, 5.74) is -2.75. The molecule has 0 aromatic heterocycles. The van der Waals surface area contributed by atoms with Crippen LogP contribution in [-0.2, 0) is 6.18 Å². The second kappa shape index (κ2) is 5.86. The lowest BCUT2D eigenvalue weighted by atomic mass is 10.1. The minimum absolute atomic E-state index is 0.447. The van der Waals surface area contributed by atoms with Crippen LogP contribution in [0, 0.1) is 17.1 Å². The van der Waals surface area contributed by atoms with Gasteiger partial charge >= 0.3 is 6.18 Å². The second-order valence-corrected chi connectivity index (χ2v) is 3.67. The molecule has 4 nitrogen and oxygen atoms in total. The van der Waals surface area contributed by atoms with Gasteiger partial charge in [0, 0.05) is 6.54 Å². The predicted molar refractivity (Wildman–Crippen MR) is 57.7 cm³/mol. The van der Waals surface area contributed by atoms with Crippen LogP contribution in [0.15, 0.2) is 12.1 Å². The van der Waals surface area contributed by atoms with E-state index in [1.807, 2.05) is 0 Å². The Hall–Kier alpha value is -1.85. The fourth-order valence-electron chi connectivity index (χ4n) is 1.39. The number of rotatable bonds is 4. The third-order valence-corrected chi connectivity index (χ3v) is 2.30. The zero-order valence-electron chi connectivity index (χ0n) is 9.50. The summed E-state index contributed by atoms with van der Waals surface area (Å²) in [4.78, 5) is 0. The molecule has 0 spiro atoms. The summed E-state index contributed by atoms with van der Waals surface area (Å²) in [6, 6.07) is 2.39. The van der Waals surface area contributed by atoms with Gasteiger partial charge < -0.3 is 15.5 Å². The zero-order valence-corrected chi connectivity index (χ0v) is 9.50. The molecule has 1 unspecified atom stereocenters. The molecule has 0 saturated heterocycles. The van der Waals surface area contributed by atoms with Gasteiger partial charge in [-0.05, 0) is 12.1 Å². The number of nitriles is 1. The number of aliphatic hydroxyl groups is 2. The van der Waals surface area contributed by atoms with Crippen LogP contribution >= 0.6 is 0 Å². The molecule has 0 amide bonds. The van der Waals surface area contributed by atoms with Crippen LogP contribution in [-0.4, -0.2) is 29.5 Å². The first-order valence-corrected chi connectivity index (χ1v) is 5.13. The fourth-order valence-corrected chi connectivity index (χ4v) is 1.39. The van der Waals surface area contributed by atoms with Crippen LogP contribution in [0.25, 0.3) is 0 Å². The molecule has 0 bridgehead atoms. The maximum Gasteiger partial charge on any atom is 0.418 e. The average Bonchev–Trinajstić information content (AvgIpc) is 2.34. The minimum atomic E-state index is -4.77. The van der Waals surface area contributed by atoms with E-state index in [1.54, 1.807) is 0 Å². The maximum atomic E-state index is 13.3. The summed E-state index contributed by atoms with van der Waals surface area (Å²) in [7, 11) is 0. The first-order valence-electron chi connectivity index (χ1n) is 5.13. The van der Waals surface area contributed by atoms with E-state index in [1.165, 1.54) is 6.07 Å². The van der Waals surface area contributed by atoms with Gasteiger partial charge in [0.05, 0.1) is 24.0 Å². The molecule has 0 fully saturated rings. The Morgan fingerprint density at radius 2 is 2.00 bits per heavy atom. The molecule has 1 rings (SSSR count). The average molecular weight is 278 g/mol. The number of halogens is 4. The molecule has 1 atom stereocenters. The monoisotopic (exact) mass is 278 g/mol. The molecule has 0 saturated carbocycles. The lowest BCUT2D eigenvalue weighted by molar-refractivity contribution is -0.137. The minimum Gasteiger partial charge on any atom is -0.394 e. The summed E-state index contributed by atoms with van der Waals surface area (Å²) >= 11 is 0. The highest BCUT2D eigenvalue weighted by molar-refractivity contribution is 5.64. The summed E-state index contributed by atoms with van der Waals surface area (Å²) in [5, 5.41) is 28.5. The highest BCUT2D eigenvalue weighted by Crippen LogP contribution is 2.37. The summed E-state index contributed by atoms with van der Waals surface area (Å²) in [6.45, 7) is -1.12. The van der Waals surface area contributed by atoms with Crippen molar-refractivity contribution in [1.29, 1.82) is 5.26 Å². The number of hydrogen-bond donors (Lipinski definition) is 3. The fraction of sp³-hybridized carbons (Fsp3) is 0.364. The van der Waals surface area contributed by atoms with Crippen LogP contribution in [0.1, 0.15) is 11.1 Å². The number of nitrogens with zero attached hydrogens (tertiary/aromatic N) is 1. The highest BCUT2D eigenvalue weighted by Gasteiger charge is 2.35. The smallest absolute Gasteiger partial charge is 0.394 e. The van der Waals surface area contributed by atoms with Crippen LogP contribution < -0.4 is 5.32 Å². The Morgan fingerprint density at radius 1 is 1.37 bits per heavy atom. The number of hydrogen-bond acceptors (Lipinski definition) is 4. The standard InChI is InChI=1S/C11H10F4N2O2/c12-9-2-1-8(11(13,14)15)10(7(9)3-16)17-4-6(19)5-18/h1-2,6,17-19H,4-5H2. The maximum absolute atomic E-state index is 13.3. The highest BCUT2D eigenvalue weighted by atomic mass is 19.4. The molecule has 8 heteroatoms. The largest absolute Gasteiger partial charge is 0.418 e. The van der Waals surface area contributed by atoms with Crippen LogP contribution in [0.2, 0.25) is 0 Å². The van der Waals surface area contributed by atoms with Crippen molar-refractivity contribution in [2.24, 2.45) is 0 Å². The van der Waals surface area contributed by atoms with E-state index in [0.29, 0.717) is 12.1 Å². The van der Waals surface area contributed by atoms with E-state index >= 15 is 0 Å². The van der Waals surface area contributed by atoms with E-state index < -0.39 is 48.1 Å². The van der Waals surface area contributed by atoms with Gasteiger partial charge in [-0.25, -0.2) is 4.39 Å². The Kier molecular flexibility index (Phi) is 4.69. The number of nitrogens with one attached hydrogen (secondary N) is 1. The topological polar surface area (TPSA) is 76.3 Å². The number of benzene rings is 1. The summed E-state index contributed by atoms with van der Waals surface area (Å²) in [6.07, 6.45) is -6.10. The molecule has 1 aromatic carbocycles.